The van der Waals surface area contributed by atoms with E-state index in [1.807, 2.05) is 0 Å². The Kier molecular flexibility index (Phi) is 6.20. The molecule has 3 rings (SSSR count). The smallest absolute Gasteiger partial charge is 0.462 e. The van der Waals surface area contributed by atoms with Gasteiger partial charge < -0.3 is 14.2 Å². The van der Waals surface area contributed by atoms with Crippen molar-refractivity contribution in [3.05, 3.63) is 47.7 Å². The molecule has 32 heavy (non-hydrogen) atoms. The predicted octanol–water partition coefficient (Wildman–Crippen LogP) is 2.84. The minimum Gasteiger partial charge on any atom is -0.462 e. The Bertz CT molecular complexity index is 1260. The number of aromatic nitrogens is 4. The van der Waals surface area contributed by atoms with Crippen molar-refractivity contribution in [2.75, 3.05) is 11.9 Å². The third-order valence-corrected chi connectivity index (χ3v) is 4.96. The predicted molar refractivity (Wildman–Crippen MR) is 101 cm³/mol. The van der Waals surface area contributed by atoms with E-state index in [-0.39, 0.29) is 29.2 Å². The summed E-state index contributed by atoms with van der Waals surface area (Å²) in [4.78, 5) is 19.6. The molecule has 0 aliphatic carbocycles. The van der Waals surface area contributed by atoms with Crippen molar-refractivity contribution >= 4 is 27.6 Å². The molecule has 10 nitrogen and oxygen atoms in total. The number of halogens is 4. The number of hydrogen-bond acceptors (Lipinski definition) is 9. The average molecular weight is 477 g/mol. The van der Waals surface area contributed by atoms with Crippen LogP contribution in [0.2, 0.25) is 0 Å². The third kappa shape index (κ3) is 4.71. The summed E-state index contributed by atoms with van der Waals surface area (Å²) in [6.07, 6.45) is 3.20. The molecule has 3 aromatic heterocycles. The number of esters is 1. The van der Waals surface area contributed by atoms with Gasteiger partial charge in [-0.25, -0.2) is 23.7 Å². The number of hydrogen-bond donors (Lipinski definition) is 1. The first-order valence-electron chi connectivity index (χ1n) is 8.87. The van der Waals surface area contributed by atoms with E-state index < -0.39 is 39.3 Å². The molecule has 172 valence electrons. The zero-order valence-corrected chi connectivity index (χ0v) is 17.2. The van der Waals surface area contributed by atoms with E-state index in [9.17, 15) is 30.8 Å². The maximum absolute atomic E-state index is 13.7. The van der Waals surface area contributed by atoms with Gasteiger partial charge in [-0.05, 0) is 26.0 Å². The Balaban J connectivity index is 1.93. The van der Waals surface area contributed by atoms with E-state index >= 15 is 0 Å². The summed E-state index contributed by atoms with van der Waals surface area (Å²) in [7, 11) is -6.03. The molecule has 15 heteroatoms. The zero-order valence-electron chi connectivity index (χ0n) is 16.4. The topological polar surface area (TPSA) is 125 Å². The first kappa shape index (κ1) is 23.2. The number of fused-ring (bicyclic) bond motifs is 1. The molecule has 0 amide bonds. The highest BCUT2D eigenvalue weighted by molar-refractivity contribution is 7.87. The molecule has 0 aliphatic heterocycles. The van der Waals surface area contributed by atoms with Crippen LogP contribution in [0.3, 0.4) is 0 Å². The highest BCUT2D eigenvalue weighted by atomic mass is 32.2. The molecule has 0 fully saturated rings. The largest absolute Gasteiger partial charge is 0.534 e. The lowest BCUT2D eigenvalue weighted by Gasteiger charge is -2.18. The molecule has 3 heterocycles. The summed E-state index contributed by atoms with van der Waals surface area (Å²) < 4.78 is 84.7. The number of carbonyl (C=O) groups excluding carboxylic acids is 1. The van der Waals surface area contributed by atoms with Crippen LogP contribution in [0.15, 0.2) is 30.7 Å². The second-order valence-corrected chi connectivity index (χ2v) is 7.79. The maximum Gasteiger partial charge on any atom is 0.534 e. The van der Waals surface area contributed by atoms with Crippen LogP contribution in [0.25, 0.3) is 5.65 Å². The molecular formula is C17H15F4N5O5S. The van der Waals surface area contributed by atoms with Crippen molar-refractivity contribution in [3.63, 3.8) is 0 Å². The quantitative estimate of drug-likeness (QED) is 0.237. The van der Waals surface area contributed by atoms with E-state index in [4.69, 9.17) is 4.74 Å². The van der Waals surface area contributed by atoms with Crippen LogP contribution < -0.4 is 9.50 Å². The summed E-state index contributed by atoms with van der Waals surface area (Å²) in [5.41, 5.74) is -5.83. The van der Waals surface area contributed by atoms with Crippen molar-refractivity contribution in [2.24, 2.45) is 0 Å². The van der Waals surface area contributed by atoms with Crippen LogP contribution in [0.1, 0.15) is 35.8 Å². The number of alkyl halides is 3. The fourth-order valence-electron chi connectivity index (χ4n) is 2.58. The van der Waals surface area contributed by atoms with E-state index in [0.29, 0.717) is 6.20 Å². The van der Waals surface area contributed by atoms with Gasteiger partial charge in [0.05, 0.1) is 25.0 Å². The van der Waals surface area contributed by atoms with Crippen molar-refractivity contribution in [1.29, 1.82) is 0 Å². The second-order valence-electron chi connectivity index (χ2n) is 6.26. The standard InChI is InChI=1S/C17H15F4N5O5S/c1-3-30-16(27)12-8-23-26-5-4-13(25-14(12)26)24-9(2)11-6-10(18)7-22-15(11)31-32(28,29)17(19,20)21/h4-9H,3H2,1-2H3,(H,24,25)/t9-/m1/s1. The van der Waals surface area contributed by atoms with Crippen molar-refractivity contribution in [2.45, 2.75) is 25.4 Å². The lowest BCUT2D eigenvalue weighted by molar-refractivity contribution is -0.0501. The fourth-order valence-corrected chi connectivity index (χ4v) is 3.02. The van der Waals surface area contributed by atoms with Gasteiger partial charge in [0.25, 0.3) is 0 Å². The van der Waals surface area contributed by atoms with Crippen LogP contribution in [0.5, 0.6) is 5.88 Å². The zero-order chi connectivity index (χ0) is 23.7. The monoisotopic (exact) mass is 477 g/mol. The Morgan fingerprint density at radius 1 is 1.31 bits per heavy atom. The number of nitrogens with one attached hydrogen (secondary N) is 1. The summed E-state index contributed by atoms with van der Waals surface area (Å²) in [5, 5.41) is 6.73. The van der Waals surface area contributed by atoms with E-state index in [1.54, 1.807) is 6.92 Å². The van der Waals surface area contributed by atoms with Gasteiger partial charge in [-0.2, -0.15) is 26.7 Å². The average Bonchev–Trinajstić information content (AvgIpc) is 3.12. The van der Waals surface area contributed by atoms with Crippen LogP contribution in [-0.4, -0.2) is 46.1 Å². The number of pyridine rings is 1. The molecular weight excluding hydrogens is 462 g/mol. The van der Waals surface area contributed by atoms with Gasteiger partial charge in [0, 0.05) is 11.8 Å². The van der Waals surface area contributed by atoms with E-state index in [2.05, 4.69) is 24.6 Å². The fraction of sp³-hybridized carbons (Fsp3) is 0.294. The minimum absolute atomic E-state index is 0.0656. The molecule has 1 N–H and O–H groups in total. The molecule has 0 aliphatic rings. The van der Waals surface area contributed by atoms with Crippen LogP contribution in [0, 0.1) is 5.82 Å². The van der Waals surface area contributed by atoms with Gasteiger partial charge in [0.2, 0.25) is 5.88 Å². The Morgan fingerprint density at radius 3 is 2.69 bits per heavy atom. The Morgan fingerprint density at radius 2 is 2.03 bits per heavy atom. The van der Waals surface area contributed by atoms with Crippen molar-refractivity contribution < 1.29 is 39.7 Å². The molecule has 0 spiro atoms. The van der Waals surface area contributed by atoms with Gasteiger partial charge in [-0.1, -0.05) is 0 Å². The lowest BCUT2D eigenvalue weighted by Crippen LogP contribution is -2.29. The van der Waals surface area contributed by atoms with Gasteiger partial charge in [-0.3, -0.25) is 0 Å². The second kappa shape index (κ2) is 8.57. The van der Waals surface area contributed by atoms with E-state index in [0.717, 1.165) is 6.07 Å². The Labute approximate surface area is 178 Å². The summed E-state index contributed by atoms with van der Waals surface area (Å²) in [6.45, 7) is 3.14. The highest BCUT2D eigenvalue weighted by Gasteiger charge is 2.49. The van der Waals surface area contributed by atoms with Crippen LogP contribution in [-0.2, 0) is 14.9 Å². The Hall–Kier alpha value is -3.49. The molecule has 0 aromatic carbocycles. The maximum atomic E-state index is 13.7. The van der Waals surface area contributed by atoms with Gasteiger partial charge in [0.1, 0.15) is 17.2 Å². The third-order valence-electron chi connectivity index (χ3n) is 4.01. The van der Waals surface area contributed by atoms with E-state index in [1.165, 1.54) is 29.9 Å². The molecule has 3 aromatic rings. The molecule has 0 radical (unpaired) electrons. The van der Waals surface area contributed by atoms with Gasteiger partial charge in [-0.15, -0.1) is 0 Å². The van der Waals surface area contributed by atoms with Gasteiger partial charge >= 0.3 is 21.6 Å². The number of nitrogens with zero attached hydrogens (tertiary/aromatic N) is 4. The minimum atomic E-state index is -6.03. The first-order chi connectivity index (χ1) is 14.9. The van der Waals surface area contributed by atoms with Crippen molar-refractivity contribution in [3.8, 4) is 5.88 Å². The number of rotatable bonds is 7. The number of ether oxygens (including phenoxy) is 1. The summed E-state index contributed by atoms with van der Waals surface area (Å²) in [6, 6.07) is 1.18. The summed E-state index contributed by atoms with van der Waals surface area (Å²) >= 11 is 0. The van der Waals surface area contributed by atoms with Crippen LogP contribution >= 0.6 is 0 Å². The lowest BCUT2D eigenvalue weighted by atomic mass is 10.1. The number of carbonyl (C=O) groups is 1. The summed E-state index contributed by atoms with van der Waals surface area (Å²) in [5.74, 6) is -2.44. The first-order valence-corrected chi connectivity index (χ1v) is 10.3. The number of anilines is 1. The van der Waals surface area contributed by atoms with Gasteiger partial charge in [0.15, 0.2) is 5.65 Å². The van der Waals surface area contributed by atoms with Crippen molar-refractivity contribution in [1.82, 2.24) is 19.6 Å². The van der Waals surface area contributed by atoms with Crippen LogP contribution in [0.4, 0.5) is 23.4 Å². The molecule has 0 bridgehead atoms. The molecule has 0 unspecified atom stereocenters. The molecule has 1 atom stereocenters. The normalized spacial score (nSPS) is 13.1. The molecule has 0 saturated heterocycles. The SMILES string of the molecule is CCOC(=O)c1cnn2ccc(N[C@H](C)c3cc(F)cnc3OS(=O)(=O)C(F)(F)F)nc12. The molecule has 0 saturated carbocycles. The highest BCUT2D eigenvalue weighted by Crippen LogP contribution is 2.31.